The zero-order valence-corrected chi connectivity index (χ0v) is 12.9. The maximum atomic E-state index is 12.6. The molecule has 0 aliphatic rings. The normalized spacial score (nSPS) is 10.6. The average molecular weight is 299 g/mol. The van der Waals surface area contributed by atoms with E-state index in [1.165, 1.54) is 0 Å². The van der Waals surface area contributed by atoms with E-state index in [0.717, 1.165) is 17.7 Å². The van der Waals surface area contributed by atoms with Gasteiger partial charge >= 0.3 is 0 Å². The maximum absolute atomic E-state index is 12.6. The van der Waals surface area contributed by atoms with Gasteiger partial charge < -0.3 is 5.32 Å². The van der Waals surface area contributed by atoms with Crippen molar-refractivity contribution in [2.24, 2.45) is 0 Å². The lowest BCUT2D eigenvalue weighted by atomic mass is 10.2. The molecule has 0 atom stereocenters. The fraction of sp³-hybridized carbons (Fsp3) is 0.176. The van der Waals surface area contributed by atoms with Crippen LogP contribution in [-0.2, 0) is 9.84 Å². The topological polar surface area (TPSA) is 46.2 Å². The summed E-state index contributed by atoms with van der Waals surface area (Å²) in [5, 5.41) is 2.92. The largest absolute Gasteiger partial charge is 0.315 e. The number of rotatable bonds is 3. The maximum Gasteiger partial charge on any atom is 0.206 e. The molecule has 3 nitrogen and oxygen atoms in total. The highest BCUT2D eigenvalue weighted by atomic mass is 32.2. The molecule has 2 aromatic carbocycles. The van der Waals surface area contributed by atoms with E-state index in [9.17, 15) is 8.42 Å². The standard InChI is InChI=1S/C17H17NO2S/c1-3-4-13-18-15-9-11-16(12-10-15)21(19,20)17-8-6-5-7-14(17)2/h5-12,18H,3H2,1-2H3. The third-order valence-corrected chi connectivity index (χ3v) is 4.95. The Morgan fingerprint density at radius 1 is 1.05 bits per heavy atom. The van der Waals surface area contributed by atoms with Crippen LogP contribution in [0.25, 0.3) is 0 Å². The quantitative estimate of drug-likeness (QED) is 0.695. The Labute approximate surface area is 125 Å². The summed E-state index contributed by atoms with van der Waals surface area (Å²) in [5.41, 5.74) is 1.52. The van der Waals surface area contributed by atoms with Crippen molar-refractivity contribution in [3.63, 3.8) is 0 Å². The van der Waals surface area contributed by atoms with E-state index in [0.29, 0.717) is 4.90 Å². The molecule has 2 rings (SSSR count). The molecule has 0 aliphatic carbocycles. The molecule has 0 radical (unpaired) electrons. The minimum Gasteiger partial charge on any atom is -0.315 e. The van der Waals surface area contributed by atoms with E-state index in [1.807, 2.05) is 13.0 Å². The van der Waals surface area contributed by atoms with Crippen LogP contribution >= 0.6 is 0 Å². The number of anilines is 1. The van der Waals surface area contributed by atoms with Crippen LogP contribution in [0.1, 0.15) is 18.9 Å². The van der Waals surface area contributed by atoms with Crippen LogP contribution in [0.3, 0.4) is 0 Å². The first kappa shape index (κ1) is 15.1. The van der Waals surface area contributed by atoms with Crippen molar-refractivity contribution in [3.05, 3.63) is 54.1 Å². The summed E-state index contributed by atoms with van der Waals surface area (Å²) in [4.78, 5) is 0.627. The molecular weight excluding hydrogens is 282 g/mol. The van der Waals surface area contributed by atoms with Gasteiger partial charge in [0.1, 0.15) is 0 Å². The van der Waals surface area contributed by atoms with Gasteiger partial charge in [0.2, 0.25) is 9.84 Å². The highest BCUT2D eigenvalue weighted by Gasteiger charge is 2.19. The van der Waals surface area contributed by atoms with E-state index in [4.69, 9.17) is 0 Å². The molecule has 108 valence electrons. The summed E-state index contributed by atoms with van der Waals surface area (Å²) in [6.45, 7) is 3.76. The van der Waals surface area contributed by atoms with Gasteiger partial charge in [0, 0.05) is 18.2 Å². The molecule has 0 aromatic heterocycles. The van der Waals surface area contributed by atoms with Crippen LogP contribution in [-0.4, -0.2) is 8.42 Å². The SMILES string of the molecule is CCC#CNc1ccc(S(=O)(=O)c2ccccc2C)cc1. The van der Waals surface area contributed by atoms with Crippen LogP contribution in [0.15, 0.2) is 58.3 Å². The predicted molar refractivity (Wildman–Crippen MR) is 84.8 cm³/mol. The molecular formula is C17H17NO2S. The Morgan fingerprint density at radius 3 is 2.33 bits per heavy atom. The van der Waals surface area contributed by atoms with Gasteiger partial charge in [-0.25, -0.2) is 8.42 Å². The summed E-state index contributed by atoms with van der Waals surface area (Å²) in [6, 6.07) is 16.4. The number of sulfone groups is 1. The third kappa shape index (κ3) is 3.45. The molecule has 0 bridgehead atoms. The van der Waals surface area contributed by atoms with Crippen LogP contribution in [0.2, 0.25) is 0 Å². The third-order valence-electron chi connectivity index (χ3n) is 3.02. The lowest BCUT2D eigenvalue weighted by molar-refractivity contribution is 0.595. The summed E-state index contributed by atoms with van der Waals surface area (Å²) < 4.78 is 25.2. The zero-order valence-electron chi connectivity index (χ0n) is 12.1. The van der Waals surface area contributed by atoms with E-state index in [-0.39, 0.29) is 4.90 Å². The Kier molecular flexibility index (Phi) is 4.66. The monoisotopic (exact) mass is 299 g/mol. The van der Waals surface area contributed by atoms with Crippen molar-refractivity contribution in [3.8, 4) is 12.0 Å². The number of hydrogen-bond donors (Lipinski definition) is 1. The molecule has 0 fully saturated rings. The lowest BCUT2D eigenvalue weighted by Gasteiger charge is -2.08. The van der Waals surface area contributed by atoms with Gasteiger partial charge in [-0.1, -0.05) is 31.0 Å². The molecule has 0 spiro atoms. The second-order valence-electron chi connectivity index (χ2n) is 4.57. The minimum atomic E-state index is -3.48. The van der Waals surface area contributed by atoms with Gasteiger partial charge in [0.15, 0.2) is 0 Å². The van der Waals surface area contributed by atoms with Crippen LogP contribution in [0.5, 0.6) is 0 Å². The minimum absolute atomic E-state index is 0.283. The van der Waals surface area contributed by atoms with Gasteiger partial charge in [0.25, 0.3) is 0 Å². The molecule has 4 heteroatoms. The summed E-state index contributed by atoms with van der Waals surface area (Å²) in [6.07, 6.45) is 0.771. The van der Waals surface area contributed by atoms with Crippen LogP contribution in [0, 0.1) is 18.9 Å². The van der Waals surface area contributed by atoms with Gasteiger partial charge in [-0.3, -0.25) is 0 Å². The summed E-state index contributed by atoms with van der Waals surface area (Å²) in [7, 11) is -3.48. The fourth-order valence-corrected chi connectivity index (χ4v) is 3.41. The van der Waals surface area contributed by atoms with Crippen LogP contribution < -0.4 is 5.32 Å². The molecule has 21 heavy (non-hydrogen) atoms. The Morgan fingerprint density at radius 2 is 1.71 bits per heavy atom. The van der Waals surface area contributed by atoms with E-state index in [2.05, 4.69) is 17.3 Å². The number of aryl methyl sites for hydroxylation is 1. The summed E-state index contributed by atoms with van der Waals surface area (Å²) >= 11 is 0. The highest BCUT2D eigenvalue weighted by molar-refractivity contribution is 7.91. The Balaban J connectivity index is 2.32. The van der Waals surface area contributed by atoms with Crippen LogP contribution in [0.4, 0.5) is 5.69 Å². The zero-order chi connectivity index (χ0) is 15.3. The Bertz CT molecular complexity index is 782. The molecule has 0 saturated carbocycles. The van der Waals surface area contributed by atoms with Gasteiger partial charge in [-0.2, -0.15) is 0 Å². The molecule has 0 heterocycles. The highest BCUT2D eigenvalue weighted by Crippen LogP contribution is 2.24. The number of nitrogens with one attached hydrogen (secondary N) is 1. The second-order valence-corrected chi connectivity index (χ2v) is 6.49. The smallest absolute Gasteiger partial charge is 0.206 e. The van der Waals surface area contributed by atoms with E-state index in [1.54, 1.807) is 49.4 Å². The molecule has 0 amide bonds. The van der Waals surface area contributed by atoms with Gasteiger partial charge in [-0.15, -0.1) is 0 Å². The van der Waals surface area contributed by atoms with Crippen molar-refractivity contribution >= 4 is 15.5 Å². The second kappa shape index (κ2) is 6.47. The average Bonchev–Trinajstić information content (AvgIpc) is 2.48. The van der Waals surface area contributed by atoms with Crippen molar-refractivity contribution in [2.75, 3.05) is 5.32 Å². The fourth-order valence-electron chi connectivity index (χ4n) is 1.91. The van der Waals surface area contributed by atoms with E-state index < -0.39 is 9.84 Å². The van der Waals surface area contributed by atoms with Crippen molar-refractivity contribution in [2.45, 2.75) is 30.1 Å². The molecule has 0 unspecified atom stereocenters. The first-order valence-corrected chi connectivity index (χ1v) is 8.18. The Hall–Kier alpha value is -2.25. The summed E-state index contributed by atoms with van der Waals surface area (Å²) in [5.74, 6) is 2.90. The molecule has 2 aromatic rings. The number of hydrogen-bond acceptors (Lipinski definition) is 3. The van der Waals surface area contributed by atoms with Gasteiger partial charge in [0.05, 0.1) is 9.79 Å². The number of benzene rings is 2. The van der Waals surface area contributed by atoms with E-state index >= 15 is 0 Å². The van der Waals surface area contributed by atoms with Crippen molar-refractivity contribution < 1.29 is 8.42 Å². The first-order valence-electron chi connectivity index (χ1n) is 6.70. The molecule has 0 saturated heterocycles. The van der Waals surface area contributed by atoms with Crippen molar-refractivity contribution in [1.29, 1.82) is 0 Å². The van der Waals surface area contributed by atoms with Gasteiger partial charge in [-0.05, 0) is 42.8 Å². The predicted octanol–water partition coefficient (Wildman–Crippen LogP) is 3.61. The lowest BCUT2D eigenvalue weighted by Crippen LogP contribution is -2.04. The molecule has 0 aliphatic heterocycles. The van der Waals surface area contributed by atoms with Crippen molar-refractivity contribution in [1.82, 2.24) is 0 Å². The first-order chi connectivity index (χ1) is 10.1. The molecule has 1 N–H and O–H groups in total.